The molecular weight excluding hydrogens is 419 g/mol. The molecule has 8 heteroatoms. The van der Waals surface area contributed by atoms with E-state index in [1.54, 1.807) is 6.07 Å². The van der Waals surface area contributed by atoms with Crippen molar-refractivity contribution in [2.45, 2.75) is 6.18 Å². The molecule has 0 amide bonds. The van der Waals surface area contributed by atoms with Crippen LogP contribution in [-0.4, -0.2) is 14.7 Å². The molecule has 0 fully saturated rings. The van der Waals surface area contributed by atoms with Crippen LogP contribution in [0.25, 0.3) is 38.5 Å². The fraction of sp³-hybridized carbons (Fsp3) is 0.0417. The van der Waals surface area contributed by atoms with Crippen LogP contribution in [0, 0.1) is 10.1 Å². The van der Waals surface area contributed by atoms with Gasteiger partial charge in [-0.3, -0.25) is 10.1 Å². The zero-order valence-electron chi connectivity index (χ0n) is 16.4. The third kappa shape index (κ3) is 3.35. The first-order valence-corrected chi connectivity index (χ1v) is 9.65. The van der Waals surface area contributed by atoms with Crippen LogP contribution in [0.5, 0.6) is 0 Å². The highest BCUT2D eigenvalue weighted by atomic mass is 19.4. The van der Waals surface area contributed by atoms with Crippen LogP contribution >= 0.6 is 0 Å². The van der Waals surface area contributed by atoms with Crippen molar-refractivity contribution in [3.63, 3.8) is 0 Å². The predicted octanol–water partition coefficient (Wildman–Crippen LogP) is 6.77. The predicted molar refractivity (Wildman–Crippen MR) is 116 cm³/mol. The molecule has 0 unspecified atom stereocenters. The molecule has 1 aromatic heterocycles. The topological polar surface area (TPSA) is 61.0 Å². The van der Waals surface area contributed by atoms with Crippen molar-refractivity contribution in [2.75, 3.05) is 0 Å². The first kappa shape index (κ1) is 19.7. The number of benzene rings is 4. The van der Waals surface area contributed by atoms with Crippen LogP contribution < -0.4 is 0 Å². The van der Waals surface area contributed by atoms with Crippen molar-refractivity contribution in [3.05, 3.63) is 101 Å². The number of nitrogens with zero attached hydrogens (tertiary/aromatic N) is 3. The first-order chi connectivity index (χ1) is 15.3. The van der Waals surface area contributed by atoms with E-state index in [1.165, 1.54) is 24.3 Å². The zero-order valence-corrected chi connectivity index (χ0v) is 16.4. The molecule has 0 saturated carbocycles. The number of rotatable bonds is 3. The van der Waals surface area contributed by atoms with Gasteiger partial charge in [0.15, 0.2) is 5.69 Å². The molecule has 0 bridgehead atoms. The van der Waals surface area contributed by atoms with Crippen molar-refractivity contribution in [1.82, 2.24) is 9.78 Å². The minimum atomic E-state index is -4.63. The molecule has 32 heavy (non-hydrogen) atoms. The minimum Gasteiger partial charge on any atom is -0.258 e. The van der Waals surface area contributed by atoms with E-state index in [0.717, 1.165) is 32.3 Å². The molecule has 0 aliphatic rings. The third-order valence-corrected chi connectivity index (χ3v) is 5.35. The summed E-state index contributed by atoms with van der Waals surface area (Å²) in [5.74, 6) is 0. The lowest BCUT2D eigenvalue weighted by Crippen LogP contribution is -2.07. The van der Waals surface area contributed by atoms with Gasteiger partial charge < -0.3 is 0 Å². The van der Waals surface area contributed by atoms with Crippen LogP contribution in [0.1, 0.15) is 5.69 Å². The molecule has 0 spiro atoms. The van der Waals surface area contributed by atoms with E-state index in [-0.39, 0.29) is 11.4 Å². The van der Waals surface area contributed by atoms with Gasteiger partial charge >= 0.3 is 6.18 Å². The number of fused-ring (bicyclic) bond motifs is 3. The van der Waals surface area contributed by atoms with Crippen LogP contribution in [0.3, 0.4) is 0 Å². The minimum absolute atomic E-state index is 0.156. The zero-order chi connectivity index (χ0) is 22.5. The van der Waals surface area contributed by atoms with Gasteiger partial charge in [0.25, 0.3) is 5.69 Å². The first-order valence-electron chi connectivity index (χ1n) is 9.65. The molecule has 0 saturated heterocycles. The fourth-order valence-electron chi connectivity index (χ4n) is 3.81. The number of hydrogen-bond donors (Lipinski definition) is 0. The van der Waals surface area contributed by atoms with Gasteiger partial charge in [-0.25, -0.2) is 4.68 Å². The highest BCUT2D eigenvalue weighted by Gasteiger charge is 2.35. The van der Waals surface area contributed by atoms with E-state index in [2.05, 4.69) is 5.10 Å². The maximum atomic E-state index is 13.4. The molecule has 0 radical (unpaired) electrons. The number of halogens is 3. The Morgan fingerprint density at radius 2 is 1.50 bits per heavy atom. The molecule has 0 N–H and O–H groups in total. The summed E-state index contributed by atoms with van der Waals surface area (Å²) in [6.45, 7) is 0. The van der Waals surface area contributed by atoms with E-state index < -0.39 is 16.8 Å². The number of alkyl halides is 3. The van der Waals surface area contributed by atoms with Crippen molar-refractivity contribution in [1.29, 1.82) is 0 Å². The quantitative estimate of drug-likeness (QED) is 0.179. The molecule has 5 rings (SSSR count). The van der Waals surface area contributed by atoms with Crippen LogP contribution in [-0.2, 0) is 6.18 Å². The average Bonchev–Trinajstić information content (AvgIpc) is 3.25. The molecule has 0 aliphatic heterocycles. The van der Waals surface area contributed by atoms with Gasteiger partial charge in [-0.1, -0.05) is 48.5 Å². The van der Waals surface area contributed by atoms with Gasteiger partial charge in [0.2, 0.25) is 0 Å². The Balaban J connectivity index is 1.69. The van der Waals surface area contributed by atoms with Gasteiger partial charge in [-0.05, 0) is 45.8 Å². The summed E-state index contributed by atoms with van der Waals surface area (Å²) in [6, 6.07) is 23.5. The Bertz CT molecular complexity index is 1490. The molecule has 1 heterocycles. The standard InChI is InChI=1S/C24H14F3N3O2/c25-24(26,27)23-14-22(29(28-23)18-8-10-19(11-9-18)30(31)32)17-7-12-21-16(13-17)6-5-15-3-1-2-4-20(15)21/h1-14H. The number of nitro benzene ring substituents is 1. The summed E-state index contributed by atoms with van der Waals surface area (Å²) in [5, 5.41) is 18.7. The SMILES string of the molecule is O=[N+]([O-])c1ccc(-n2nc(C(F)(F)F)cc2-c2ccc3c(ccc4ccccc43)c2)cc1. The van der Waals surface area contributed by atoms with Crippen molar-refractivity contribution >= 4 is 27.2 Å². The monoisotopic (exact) mass is 433 g/mol. The Morgan fingerprint density at radius 1 is 0.812 bits per heavy atom. The van der Waals surface area contributed by atoms with Crippen molar-refractivity contribution in [2.24, 2.45) is 0 Å². The van der Waals surface area contributed by atoms with Crippen molar-refractivity contribution < 1.29 is 18.1 Å². The fourth-order valence-corrected chi connectivity index (χ4v) is 3.81. The maximum absolute atomic E-state index is 13.4. The largest absolute Gasteiger partial charge is 0.435 e. The van der Waals surface area contributed by atoms with E-state index in [1.807, 2.05) is 48.5 Å². The van der Waals surface area contributed by atoms with E-state index >= 15 is 0 Å². The number of nitro groups is 1. The number of hydrogen-bond acceptors (Lipinski definition) is 3. The molecule has 4 aromatic carbocycles. The van der Waals surface area contributed by atoms with E-state index in [0.29, 0.717) is 11.3 Å². The second kappa shape index (κ2) is 7.19. The summed E-state index contributed by atoms with van der Waals surface area (Å²) in [5.41, 5.74) is -0.115. The highest BCUT2D eigenvalue weighted by Crippen LogP contribution is 2.35. The van der Waals surface area contributed by atoms with Crippen LogP contribution in [0.2, 0.25) is 0 Å². The number of non-ortho nitro benzene ring substituents is 1. The Morgan fingerprint density at radius 3 is 2.22 bits per heavy atom. The highest BCUT2D eigenvalue weighted by molar-refractivity contribution is 6.08. The molecule has 0 atom stereocenters. The molecule has 5 nitrogen and oxygen atoms in total. The summed E-state index contributed by atoms with van der Waals surface area (Å²) in [4.78, 5) is 10.4. The lowest BCUT2D eigenvalue weighted by atomic mass is 9.99. The normalized spacial score (nSPS) is 11.8. The Hall–Kier alpha value is -4.20. The number of aromatic nitrogens is 2. The Labute approximate surface area is 179 Å². The lowest BCUT2D eigenvalue weighted by molar-refractivity contribution is -0.384. The summed E-state index contributed by atoms with van der Waals surface area (Å²) >= 11 is 0. The second-order valence-electron chi connectivity index (χ2n) is 7.32. The second-order valence-corrected chi connectivity index (χ2v) is 7.32. The molecule has 5 aromatic rings. The van der Waals surface area contributed by atoms with Gasteiger partial charge in [-0.2, -0.15) is 18.3 Å². The molecular formula is C24H14F3N3O2. The summed E-state index contributed by atoms with van der Waals surface area (Å²) < 4.78 is 41.5. The van der Waals surface area contributed by atoms with Gasteiger partial charge in [0.1, 0.15) is 0 Å². The van der Waals surface area contributed by atoms with Gasteiger partial charge in [0.05, 0.1) is 16.3 Å². The molecule has 158 valence electrons. The summed E-state index contributed by atoms with van der Waals surface area (Å²) in [7, 11) is 0. The van der Waals surface area contributed by atoms with E-state index in [9.17, 15) is 23.3 Å². The third-order valence-electron chi connectivity index (χ3n) is 5.35. The smallest absolute Gasteiger partial charge is 0.258 e. The van der Waals surface area contributed by atoms with Gasteiger partial charge in [-0.15, -0.1) is 0 Å². The van der Waals surface area contributed by atoms with Crippen LogP contribution in [0.4, 0.5) is 18.9 Å². The molecule has 0 aliphatic carbocycles. The maximum Gasteiger partial charge on any atom is 0.435 e. The van der Waals surface area contributed by atoms with Crippen LogP contribution in [0.15, 0.2) is 84.9 Å². The van der Waals surface area contributed by atoms with Gasteiger partial charge in [0, 0.05) is 17.7 Å². The Kier molecular flexibility index (Phi) is 4.44. The van der Waals surface area contributed by atoms with E-state index in [4.69, 9.17) is 0 Å². The lowest BCUT2D eigenvalue weighted by Gasteiger charge is -2.10. The summed E-state index contributed by atoms with van der Waals surface area (Å²) in [6.07, 6.45) is -4.63. The average molecular weight is 433 g/mol. The van der Waals surface area contributed by atoms with Crippen molar-refractivity contribution in [3.8, 4) is 16.9 Å².